The maximum absolute atomic E-state index is 12.1. The molecular formula is C20H17N3O3S. The van der Waals surface area contributed by atoms with Gasteiger partial charge in [-0.2, -0.15) is 0 Å². The van der Waals surface area contributed by atoms with Crippen molar-refractivity contribution < 1.29 is 14.7 Å². The highest BCUT2D eigenvalue weighted by atomic mass is 32.2. The van der Waals surface area contributed by atoms with Crippen LogP contribution in [0.5, 0.6) is 0 Å². The molecule has 0 aliphatic carbocycles. The molecule has 0 bridgehead atoms. The van der Waals surface area contributed by atoms with Crippen molar-refractivity contribution in [2.45, 2.75) is 12.1 Å². The van der Waals surface area contributed by atoms with Gasteiger partial charge in [-0.05, 0) is 37.3 Å². The Balaban J connectivity index is 1.63. The summed E-state index contributed by atoms with van der Waals surface area (Å²) in [6.07, 6.45) is 0. The normalized spacial score (nSPS) is 10.4. The van der Waals surface area contributed by atoms with Crippen molar-refractivity contribution in [1.82, 2.24) is 9.97 Å². The molecular weight excluding hydrogens is 362 g/mol. The van der Waals surface area contributed by atoms with E-state index in [-0.39, 0.29) is 17.2 Å². The monoisotopic (exact) mass is 379 g/mol. The van der Waals surface area contributed by atoms with Crippen molar-refractivity contribution >= 4 is 29.3 Å². The minimum absolute atomic E-state index is 0.151. The van der Waals surface area contributed by atoms with E-state index in [2.05, 4.69) is 15.3 Å². The zero-order chi connectivity index (χ0) is 19.2. The number of amides is 1. The van der Waals surface area contributed by atoms with Crippen molar-refractivity contribution in [3.05, 3.63) is 71.9 Å². The second-order valence-electron chi connectivity index (χ2n) is 5.76. The summed E-state index contributed by atoms with van der Waals surface area (Å²) in [5.74, 6) is -1.07. The van der Waals surface area contributed by atoms with Crippen LogP contribution in [0.4, 0.5) is 5.69 Å². The minimum Gasteiger partial charge on any atom is -0.478 e. The van der Waals surface area contributed by atoms with Gasteiger partial charge < -0.3 is 10.4 Å². The molecule has 27 heavy (non-hydrogen) atoms. The number of nitrogens with zero attached hydrogens (tertiary/aromatic N) is 2. The minimum atomic E-state index is -1.01. The Labute approximate surface area is 160 Å². The van der Waals surface area contributed by atoms with Crippen LogP contribution >= 0.6 is 11.8 Å². The van der Waals surface area contributed by atoms with Crippen LogP contribution in [0.3, 0.4) is 0 Å². The Morgan fingerprint density at radius 2 is 1.74 bits per heavy atom. The SMILES string of the molecule is Cc1cc(-c2ccccc2)nc(SCC(=O)Nc2ccc(C(=O)O)cc2)n1. The van der Waals surface area contributed by atoms with Crippen LogP contribution in [0.25, 0.3) is 11.3 Å². The number of aryl methyl sites for hydroxylation is 1. The quantitative estimate of drug-likeness (QED) is 0.499. The number of benzene rings is 2. The molecule has 3 rings (SSSR count). The molecule has 2 N–H and O–H groups in total. The molecule has 136 valence electrons. The number of hydrogen-bond donors (Lipinski definition) is 2. The molecule has 0 spiro atoms. The van der Waals surface area contributed by atoms with E-state index in [1.807, 2.05) is 43.3 Å². The van der Waals surface area contributed by atoms with Gasteiger partial charge in [-0.15, -0.1) is 0 Å². The number of carboxylic acid groups (broad SMARTS) is 1. The molecule has 0 aliphatic rings. The van der Waals surface area contributed by atoms with Crippen LogP contribution in [-0.2, 0) is 4.79 Å². The van der Waals surface area contributed by atoms with Crippen LogP contribution < -0.4 is 5.32 Å². The average molecular weight is 379 g/mol. The topological polar surface area (TPSA) is 92.2 Å². The van der Waals surface area contributed by atoms with Crippen LogP contribution in [0.15, 0.2) is 65.8 Å². The first-order valence-electron chi connectivity index (χ1n) is 8.18. The number of aromatic nitrogens is 2. The van der Waals surface area contributed by atoms with Gasteiger partial charge in [0.1, 0.15) is 0 Å². The smallest absolute Gasteiger partial charge is 0.335 e. The van der Waals surface area contributed by atoms with Gasteiger partial charge in [0.15, 0.2) is 5.16 Å². The van der Waals surface area contributed by atoms with Crippen molar-refractivity contribution in [3.8, 4) is 11.3 Å². The molecule has 1 heterocycles. The molecule has 0 aliphatic heterocycles. The number of nitrogens with one attached hydrogen (secondary N) is 1. The fourth-order valence-electron chi connectivity index (χ4n) is 2.39. The van der Waals surface area contributed by atoms with Gasteiger partial charge in [-0.25, -0.2) is 14.8 Å². The molecule has 1 amide bonds. The van der Waals surface area contributed by atoms with Crippen LogP contribution in [0.1, 0.15) is 16.1 Å². The molecule has 0 atom stereocenters. The summed E-state index contributed by atoms with van der Waals surface area (Å²) in [5, 5.41) is 12.2. The standard InChI is InChI=1S/C20H17N3O3S/c1-13-11-17(14-5-3-2-4-6-14)23-20(21-13)27-12-18(24)22-16-9-7-15(8-10-16)19(25)26/h2-11H,12H2,1H3,(H,22,24)(H,25,26). The third kappa shape index (κ3) is 5.15. The Morgan fingerprint density at radius 1 is 1.04 bits per heavy atom. The lowest BCUT2D eigenvalue weighted by Crippen LogP contribution is -2.14. The van der Waals surface area contributed by atoms with Crippen molar-refractivity contribution in [2.75, 3.05) is 11.1 Å². The van der Waals surface area contributed by atoms with Crippen molar-refractivity contribution in [1.29, 1.82) is 0 Å². The maximum Gasteiger partial charge on any atom is 0.335 e. The molecule has 0 unspecified atom stereocenters. The van der Waals surface area contributed by atoms with Gasteiger partial charge >= 0.3 is 5.97 Å². The molecule has 0 fully saturated rings. The first-order chi connectivity index (χ1) is 13.0. The van der Waals surface area contributed by atoms with E-state index in [1.165, 1.54) is 23.9 Å². The van der Waals surface area contributed by atoms with E-state index in [1.54, 1.807) is 12.1 Å². The van der Waals surface area contributed by atoms with Crippen molar-refractivity contribution in [3.63, 3.8) is 0 Å². The number of carboxylic acids is 1. The highest BCUT2D eigenvalue weighted by Gasteiger charge is 2.09. The lowest BCUT2D eigenvalue weighted by molar-refractivity contribution is -0.113. The van der Waals surface area contributed by atoms with Crippen LogP contribution in [0.2, 0.25) is 0 Å². The number of aromatic carboxylic acids is 1. The van der Waals surface area contributed by atoms with E-state index in [4.69, 9.17) is 5.11 Å². The Bertz CT molecular complexity index is 960. The highest BCUT2D eigenvalue weighted by molar-refractivity contribution is 7.99. The lowest BCUT2D eigenvalue weighted by atomic mass is 10.1. The number of anilines is 1. The van der Waals surface area contributed by atoms with E-state index in [0.717, 1.165) is 17.0 Å². The fourth-order valence-corrected chi connectivity index (χ4v) is 3.09. The molecule has 7 heteroatoms. The second kappa shape index (κ2) is 8.46. The van der Waals surface area contributed by atoms with Crippen molar-refractivity contribution in [2.24, 2.45) is 0 Å². The summed E-state index contributed by atoms with van der Waals surface area (Å²) in [6.45, 7) is 1.89. The number of carbonyl (C=O) groups excluding carboxylic acids is 1. The lowest BCUT2D eigenvalue weighted by Gasteiger charge is -2.07. The van der Waals surface area contributed by atoms with Gasteiger partial charge in [0, 0.05) is 16.9 Å². The molecule has 6 nitrogen and oxygen atoms in total. The first kappa shape index (κ1) is 18.6. The summed E-state index contributed by atoms with van der Waals surface area (Å²) >= 11 is 1.25. The summed E-state index contributed by atoms with van der Waals surface area (Å²) in [5.41, 5.74) is 3.35. The zero-order valence-electron chi connectivity index (χ0n) is 14.5. The Kier molecular flexibility index (Phi) is 5.83. The zero-order valence-corrected chi connectivity index (χ0v) is 15.4. The summed E-state index contributed by atoms with van der Waals surface area (Å²) in [4.78, 5) is 31.9. The van der Waals surface area contributed by atoms with E-state index >= 15 is 0 Å². The van der Waals surface area contributed by atoms with Crippen LogP contribution in [0, 0.1) is 6.92 Å². The molecule has 3 aromatic rings. The number of thioether (sulfide) groups is 1. The van der Waals surface area contributed by atoms with E-state index < -0.39 is 5.97 Å². The average Bonchev–Trinajstić information content (AvgIpc) is 2.67. The van der Waals surface area contributed by atoms with Gasteiger partial charge in [0.2, 0.25) is 5.91 Å². The number of carbonyl (C=O) groups is 2. The van der Waals surface area contributed by atoms with Gasteiger partial charge in [-0.3, -0.25) is 4.79 Å². The molecule has 0 radical (unpaired) electrons. The summed E-state index contributed by atoms with van der Waals surface area (Å²) in [7, 11) is 0. The van der Waals surface area contributed by atoms with Gasteiger partial charge in [0.25, 0.3) is 0 Å². The van der Waals surface area contributed by atoms with Gasteiger partial charge in [-0.1, -0.05) is 42.1 Å². The van der Waals surface area contributed by atoms with E-state index in [9.17, 15) is 9.59 Å². The second-order valence-corrected chi connectivity index (χ2v) is 6.71. The predicted octanol–water partition coefficient (Wildman–Crippen LogP) is 3.88. The highest BCUT2D eigenvalue weighted by Crippen LogP contribution is 2.21. The molecule has 1 aromatic heterocycles. The fraction of sp³-hybridized carbons (Fsp3) is 0.100. The summed E-state index contributed by atoms with van der Waals surface area (Å²) < 4.78 is 0. The summed E-state index contributed by atoms with van der Waals surface area (Å²) in [6, 6.07) is 17.7. The third-order valence-corrected chi connectivity index (χ3v) is 4.50. The molecule has 0 saturated carbocycles. The van der Waals surface area contributed by atoms with Crippen LogP contribution in [-0.4, -0.2) is 32.7 Å². The molecule has 2 aromatic carbocycles. The third-order valence-electron chi connectivity index (χ3n) is 3.65. The predicted molar refractivity (Wildman–Crippen MR) is 105 cm³/mol. The Morgan fingerprint density at radius 3 is 2.41 bits per heavy atom. The molecule has 0 saturated heterocycles. The number of hydrogen-bond acceptors (Lipinski definition) is 5. The maximum atomic E-state index is 12.1. The first-order valence-corrected chi connectivity index (χ1v) is 9.17. The largest absolute Gasteiger partial charge is 0.478 e. The van der Waals surface area contributed by atoms with Gasteiger partial charge in [0.05, 0.1) is 17.0 Å². The Hall–Kier alpha value is -3.19. The number of rotatable bonds is 6. The van der Waals surface area contributed by atoms with E-state index in [0.29, 0.717) is 10.8 Å².